The van der Waals surface area contributed by atoms with E-state index >= 15 is 0 Å². The monoisotopic (exact) mass is 504 g/mol. The van der Waals surface area contributed by atoms with E-state index in [0.29, 0.717) is 6.61 Å². The zero-order valence-corrected chi connectivity index (χ0v) is 21.6. The number of ether oxygens (including phenoxy) is 3. The summed E-state index contributed by atoms with van der Waals surface area (Å²) in [4.78, 5) is 0. The maximum Gasteiger partial charge on any atom is 0.213 e. The van der Waals surface area contributed by atoms with Gasteiger partial charge in [0, 0.05) is 17.5 Å². The number of benzene rings is 4. The average molecular weight is 505 g/mol. The van der Waals surface area contributed by atoms with Gasteiger partial charge in [0.1, 0.15) is 23.9 Å². The van der Waals surface area contributed by atoms with Crippen molar-refractivity contribution in [2.75, 3.05) is 6.61 Å². The van der Waals surface area contributed by atoms with E-state index in [4.69, 9.17) is 19.3 Å². The summed E-state index contributed by atoms with van der Waals surface area (Å²) in [6.07, 6.45) is 2.70. The second kappa shape index (κ2) is 11.0. The van der Waals surface area contributed by atoms with Crippen LogP contribution < -0.4 is 14.2 Å². The summed E-state index contributed by atoms with van der Waals surface area (Å²) < 4.78 is 18.4. The molecule has 6 rings (SSSR count). The summed E-state index contributed by atoms with van der Waals surface area (Å²) in [5.74, 6) is 2.65. The minimum Gasteiger partial charge on any atom is -0.494 e. The van der Waals surface area contributed by atoms with Crippen LogP contribution in [0.3, 0.4) is 0 Å². The second-order valence-electron chi connectivity index (χ2n) is 9.72. The first-order valence-corrected chi connectivity index (χ1v) is 13.4. The third-order valence-corrected chi connectivity index (χ3v) is 7.07. The van der Waals surface area contributed by atoms with Crippen LogP contribution in [0, 0.1) is 0 Å². The molecule has 0 spiro atoms. The van der Waals surface area contributed by atoms with E-state index in [9.17, 15) is 0 Å². The summed E-state index contributed by atoms with van der Waals surface area (Å²) in [5, 5.41) is 7.21. The summed E-state index contributed by atoms with van der Waals surface area (Å²) >= 11 is 0. The molecule has 0 aromatic heterocycles. The first-order valence-electron chi connectivity index (χ1n) is 13.4. The maximum atomic E-state index is 6.52. The van der Waals surface area contributed by atoms with Gasteiger partial charge < -0.3 is 14.2 Å². The van der Waals surface area contributed by atoms with Crippen LogP contribution in [0.15, 0.2) is 108 Å². The van der Waals surface area contributed by atoms with Crippen molar-refractivity contribution in [2.24, 2.45) is 5.10 Å². The zero-order chi connectivity index (χ0) is 25.7. The van der Waals surface area contributed by atoms with E-state index in [1.807, 2.05) is 48.5 Å². The number of para-hydroxylation sites is 1. The van der Waals surface area contributed by atoms with Crippen molar-refractivity contribution in [1.82, 2.24) is 5.01 Å². The van der Waals surface area contributed by atoms with Crippen LogP contribution >= 0.6 is 0 Å². The summed E-state index contributed by atoms with van der Waals surface area (Å²) in [5.41, 5.74) is 5.53. The average Bonchev–Trinajstić information content (AvgIpc) is 3.43. The molecule has 2 aliphatic rings. The highest BCUT2D eigenvalue weighted by Crippen LogP contribution is 2.47. The van der Waals surface area contributed by atoms with Crippen molar-refractivity contribution in [1.29, 1.82) is 0 Å². The molecular formula is C33H32N2O3. The number of fused-ring (bicyclic) bond motifs is 3. The smallest absolute Gasteiger partial charge is 0.213 e. The van der Waals surface area contributed by atoms with Gasteiger partial charge in [0.2, 0.25) is 6.23 Å². The Bertz CT molecular complexity index is 1380. The highest BCUT2D eigenvalue weighted by molar-refractivity contribution is 6.02. The standard InChI is InChI=1S/C33H32N2O3/c1-2-3-21-36-27-17-13-25(14-18-27)30-22-31-29-11-7-8-12-32(29)38-33(35(31)34-30)26-15-19-28(20-16-26)37-23-24-9-5-4-6-10-24/h4-20,31,33H,2-3,21-23H2,1H3/t31-,33-/m0/s1. The molecule has 2 atom stereocenters. The molecular weight excluding hydrogens is 472 g/mol. The molecule has 4 aromatic rings. The SMILES string of the molecule is CCCCOc1ccc(C2=NN3[C@@H](C2)c2ccccc2O[C@H]3c2ccc(OCc3ccccc3)cc2)cc1. The molecule has 0 saturated carbocycles. The Morgan fingerprint density at radius 2 is 1.53 bits per heavy atom. The first-order chi connectivity index (χ1) is 18.8. The molecule has 192 valence electrons. The number of unbranched alkanes of at least 4 members (excludes halogenated alkanes) is 1. The Morgan fingerprint density at radius 3 is 2.32 bits per heavy atom. The van der Waals surface area contributed by atoms with Crippen molar-refractivity contribution in [3.63, 3.8) is 0 Å². The van der Waals surface area contributed by atoms with Gasteiger partial charge in [-0.15, -0.1) is 0 Å². The fourth-order valence-electron chi connectivity index (χ4n) is 4.98. The quantitative estimate of drug-likeness (QED) is 0.219. The fraction of sp³-hybridized carbons (Fsp3) is 0.242. The van der Waals surface area contributed by atoms with Crippen LogP contribution in [0.4, 0.5) is 0 Å². The predicted octanol–water partition coefficient (Wildman–Crippen LogP) is 7.69. The summed E-state index contributed by atoms with van der Waals surface area (Å²) in [6, 6.07) is 35.1. The fourth-order valence-corrected chi connectivity index (χ4v) is 4.98. The number of rotatable bonds is 9. The van der Waals surface area contributed by atoms with E-state index in [2.05, 4.69) is 66.5 Å². The van der Waals surface area contributed by atoms with Crippen LogP contribution in [0.1, 0.15) is 60.7 Å². The Kier molecular flexibility index (Phi) is 6.99. The predicted molar refractivity (Wildman–Crippen MR) is 150 cm³/mol. The molecule has 0 unspecified atom stereocenters. The lowest BCUT2D eigenvalue weighted by atomic mass is 9.96. The number of nitrogens with zero attached hydrogens (tertiary/aromatic N) is 2. The van der Waals surface area contributed by atoms with E-state index in [1.54, 1.807) is 0 Å². The van der Waals surface area contributed by atoms with Crippen LogP contribution in [0.2, 0.25) is 0 Å². The topological polar surface area (TPSA) is 43.3 Å². The molecule has 0 saturated heterocycles. The van der Waals surface area contributed by atoms with Crippen molar-refractivity contribution >= 4 is 5.71 Å². The van der Waals surface area contributed by atoms with E-state index < -0.39 is 0 Å². The van der Waals surface area contributed by atoms with Crippen LogP contribution in [-0.2, 0) is 6.61 Å². The van der Waals surface area contributed by atoms with Crippen LogP contribution in [0.5, 0.6) is 17.2 Å². The largest absolute Gasteiger partial charge is 0.494 e. The molecule has 0 radical (unpaired) electrons. The minimum absolute atomic E-state index is 0.120. The highest BCUT2D eigenvalue weighted by atomic mass is 16.5. The van der Waals surface area contributed by atoms with Gasteiger partial charge in [-0.2, -0.15) is 5.10 Å². The summed E-state index contributed by atoms with van der Waals surface area (Å²) in [6.45, 7) is 3.46. The second-order valence-corrected chi connectivity index (χ2v) is 9.72. The molecule has 0 fully saturated rings. The molecule has 0 bridgehead atoms. The summed E-state index contributed by atoms with van der Waals surface area (Å²) in [7, 11) is 0. The van der Waals surface area contributed by atoms with E-state index in [0.717, 1.165) is 65.5 Å². The Balaban J connectivity index is 1.22. The first kappa shape index (κ1) is 24.1. The van der Waals surface area contributed by atoms with E-state index in [1.165, 1.54) is 5.56 Å². The molecule has 0 N–H and O–H groups in total. The molecule has 38 heavy (non-hydrogen) atoms. The molecule has 5 nitrogen and oxygen atoms in total. The van der Waals surface area contributed by atoms with Crippen molar-refractivity contribution < 1.29 is 14.2 Å². The number of hydrazone groups is 1. The Hall–Kier alpha value is -4.25. The van der Waals surface area contributed by atoms with Crippen molar-refractivity contribution in [3.8, 4) is 17.2 Å². The lowest BCUT2D eigenvalue weighted by Gasteiger charge is -2.38. The number of hydrogen-bond donors (Lipinski definition) is 0. The molecule has 0 aliphatic carbocycles. The number of hydrogen-bond acceptors (Lipinski definition) is 5. The van der Waals surface area contributed by atoms with Gasteiger partial charge in [-0.25, -0.2) is 5.01 Å². The third-order valence-electron chi connectivity index (χ3n) is 7.07. The van der Waals surface area contributed by atoms with Crippen molar-refractivity contribution in [2.45, 2.75) is 45.1 Å². The lowest BCUT2D eigenvalue weighted by Crippen LogP contribution is -2.33. The van der Waals surface area contributed by atoms with Gasteiger partial charge in [-0.05, 0) is 72.1 Å². The Labute approximate surface area is 224 Å². The van der Waals surface area contributed by atoms with Gasteiger partial charge >= 0.3 is 0 Å². The van der Waals surface area contributed by atoms with Crippen LogP contribution in [0.25, 0.3) is 0 Å². The third kappa shape index (κ3) is 5.10. The van der Waals surface area contributed by atoms with Gasteiger partial charge in [-0.3, -0.25) is 0 Å². The molecule has 5 heteroatoms. The molecule has 2 heterocycles. The Morgan fingerprint density at radius 1 is 0.816 bits per heavy atom. The lowest BCUT2D eigenvalue weighted by molar-refractivity contribution is -0.0190. The van der Waals surface area contributed by atoms with Gasteiger partial charge in [0.25, 0.3) is 0 Å². The minimum atomic E-state index is -0.313. The zero-order valence-electron chi connectivity index (χ0n) is 21.6. The molecule has 0 amide bonds. The maximum absolute atomic E-state index is 6.52. The van der Waals surface area contributed by atoms with Gasteiger partial charge in [-0.1, -0.05) is 61.9 Å². The normalized spacial score (nSPS) is 17.7. The van der Waals surface area contributed by atoms with Gasteiger partial charge in [0.15, 0.2) is 0 Å². The van der Waals surface area contributed by atoms with E-state index in [-0.39, 0.29) is 12.3 Å². The van der Waals surface area contributed by atoms with Gasteiger partial charge in [0.05, 0.1) is 18.4 Å². The molecule has 4 aromatic carbocycles. The highest BCUT2D eigenvalue weighted by Gasteiger charge is 2.40. The van der Waals surface area contributed by atoms with Crippen molar-refractivity contribution in [3.05, 3.63) is 125 Å². The van der Waals surface area contributed by atoms with Crippen LogP contribution in [-0.4, -0.2) is 17.3 Å². The molecule has 2 aliphatic heterocycles.